The van der Waals surface area contributed by atoms with Crippen LogP contribution in [0.2, 0.25) is 5.02 Å². The van der Waals surface area contributed by atoms with Crippen molar-refractivity contribution in [1.29, 1.82) is 0 Å². The van der Waals surface area contributed by atoms with Crippen LogP contribution in [0.1, 0.15) is 18.1 Å². The molecule has 140 valence electrons. The highest BCUT2D eigenvalue weighted by atomic mass is 35.5. The molecule has 5 heteroatoms. The average Bonchev–Trinajstić information content (AvgIpc) is 2.68. The molecule has 3 aromatic carbocycles. The van der Waals surface area contributed by atoms with Crippen LogP contribution in [0, 0.1) is 0 Å². The number of phenolic OH excluding ortho intramolecular Hbond substituents is 1. The van der Waals surface area contributed by atoms with E-state index in [1.807, 2.05) is 61.5 Å². The maximum absolute atomic E-state index is 9.35. The van der Waals surface area contributed by atoms with E-state index in [-0.39, 0.29) is 5.75 Å². The first-order chi connectivity index (χ1) is 13.2. The highest BCUT2D eigenvalue weighted by Gasteiger charge is 2.08. The minimum Gasteiger partial charge on any atom is -0.508 e. The van der Waals surface area contributed by atoms with Gasteiger partial charge in [-0.2, -0.15) is 0 Å². The standard InChI is InChI=1S/C22H22ClNO3/c1-2-26-22-13-16(14-24-18-8-10-19(25)11-9-18)7-12-21(22)27-15-17-5-3-4-6-20(17)23/h3-13,24-25H,2,14-15H2,1H3. The lowest BCUT2D eigenvalue weighted by Crippen LogP contribution is -2.03. The molecule has 0 amide bonds. The van der Waals surface area contributed by atoms with Crippen molar-refractivity contribution in [2.45, 2.75) is 20.1 Å². The van der Waals surface area contributed by atoms with E-state index >= 15 is 0 Å². The fraction of sp³-hybridized carbons (Fsp3) is 0.182. The summed E-state index contributed by atoms with van der Waals surface area (Å²) in [6.07, 6.45) is 0. The summed E-state index contributed by atoms with van der Waals surface area (Å²) in [6.45, 7) is 3.51. The Morgan fingerprint density at radius 3 is 2.44 bits per heavy atom. The highest BCUT2D eigenvalue weighted by molar-refractivity contribution is 6.31. The molecule has 0 fully saturated rings. The lowest BCUT2D eigenvalue weighted by Gasteiger charge is -2.14. The predicted molar refractivity (Wildman–Crippen MR) is 109 cm³/mol. The summed E-state index contributed by atoms with van der Waals surface area (Å²) in [5.74, 6) is 1.64. The molecule has 0 aliphatic heterocycles. The van der Waals surface area contributed by atoms with Gasteiger partial charge in [0.1, 0.15) is 12.4 Å². The number of rotatable bonds is 8. The third-order valence-corrected chi connectivity index (χ3v) is 4.38. The van der Waals surface area contributed by atoms with Crippen molar-refractivity contribution < 1.29 is 14.6 Å². The van der Waals surface area contributed by atoms with Crippen molar-refractivity contribution in [2.75, 3.05) is 11.9 Å². The Bertz CT molecular complexity index is 881. The molecule has 0 spiro atoms. The molecular weight excluding hydrogens is 362 g/mol. The SMILES string of the molecule is CCOc1cc(CNc2ccc(O)cc2)ccc1OCc1ccccc1Cl. The van der Waals surface area contributed by atoms with E-state index in [1.54, 1.807) is 12.1 Å². The van der Waals surface area contributed by atoms with E-state index in [9.17, 15) is 5.11 Å². The normalized spacial score (nSPS) is 10.4. The molecule has 27 heavy (non-hydrogen) atoms. The molecule has 3 rings (SSSR count). The molecule has 0 bridgehead atoms. The number of halogens is 1. The Hall–Kier alpha value is -2.85. The first-order valence-electron chi connectivity index (χ1n) is 8.80. The fourth-order valence-corrected chi connectivity index (χ4v) is 2.79. The molecule has 3 aromatic rings. The Morgan fingerprint density at radius 2 is 1.70 bits per heavy atom. The van der Waals surface area contributed by atoms with E-state index in [0.29, 0.717) is 36.3 Å². The lowest BCUT2D eigenvalue weighted by atomic mass is 10.2. The largest absolute Gasteiger partial charge is 0.508 e. The smallest absolute Gasteiger partial charge is 0.161 e. The van der Waals surface area contributed by atoms with Gasteiger partial charge >= 0.3 is 0 Å². The Morgan fingerprint density at radius 1 is 0.926 bits per heavy atom. The van der Waals surface area contributed by atoms with Crippen LogP contribution in [0.4, 0.5) is 5.69 Å². The second-order valence-electron chi connectivity index (χ2n) is 5.99. The monoisotopic (exact) mass is 383 g/mol. The van der Waals surface area contributed by atoms with Crippen molar-refractivity contribution in [3.05, 3.63) is 82.9 Å². The molecule has 0 atom stereocenters. The van der Waals surface area contributed by atoms with Crippen molar-refractivity contribution >= 4 is 17.3 Å². The van der Waals surface area contributed by atoms with Crippen LogP contribution in [0.5, 0.6) is 17.2 Å². The average molecular weight is 384 g/mol. The number of hydrogen-bond donors (Lipinski definition) is 2. The number of phenols is 1. The van der Waals surface area contributed by atoms with Gasteiger partial charge in [0.05, 0.1) is 6.61 Å². The van der Waals surface area contributed by atoms with E-state index < -0.39 is 0 Å². The van der Waals surface area contributed by atoms with Crippen LogP contribution in [0.25, 0.3) is 0 Å². The molecule has 0 aliphatic rings. The lowest BCUT2D eigenvalue weighted by molar-refractivity contribution is 0.269. The minimum atomic E-state index is 0.249. The number of benzene rings is 3. The van der Waals surface area contributed by atoms with Gasteiger partial charge in [-0.1, -0.05) is 35.9 Å². The van der Waals surface area contributed by atoms with E-state index in [1.165, 1.54) is 0 Å². The summed E-state index contributed by atoms with van der Waals surface area (Å²) >= 11 is 6.19. The van der Waals surface area contributed by atoms with Crippen molar-refractivity contribution in [3.8, 4) is 17.2 Å². The molecule has 0 saturated carbocycles. The zero-order valence-corrected chi connectivity index (χ0v) is 15.9. The molecule has 0 aromatic heterocycles. The summed E-state index contributed by atoms with van der Waals surface area (Å²) in [6, 6.07) is 20.5. The predicted octanol–water partition coefficient (Wildman–Crippen LogP) is 5.64. The molecule has 0 aliphatic carbocycles. The minimum absolute atomic E-state index is 0.249. The van der Waals surface area contributed by atoms with Crippen LogP contribution in [0.15, 0.2) is 66.7 Å². The maximum Gasteiger partial charge on any atom is 0.161 e. The second kappa shape index (κ2) is 9.19. The molecule has 0 saturated heterocycles. The van der Waals surface area contributed by atoms with Gasteiger partial charge in [0.15, 0.2) is 11.5 Å². The summed E-state index contributed by atoms with van der Waals surface area (Å²) in [7, 11) is 0. The molecule has 0 heterocycles. The second-order valence-corrected chi connectivity index (χ2v) is 6.40. The van der Waals surface area contributed by atoms with Crippen LogP contribution in [-0.4, -0.2) is 11.7 Å². The van der Waals surface area contributed by atoms with Gasteiger partial charge in [0.25, 0.3) is 0 Å². The third-order valence-electron chi connectivity index (χ3n) is 4.01. The first kappa shape index (κ1) is 18.9. The molecular formula is C22H22ClNO3. The van der Waals surface area contributed by atoms with Gasteiger partial charge in [-0.15, -0.1) is 0 Å². The van der Waals surface area contributed by atoms with Crippen molar-refractivity contribution in [2.24, 2.45) is 0 Å². The topological polar surface area (TPSA) is 50.7 Å². The van der Waals surface area contributed by atoms with Crippen LogP contribution >= 0.6 is 11.6 Å². The summed E-state index contributed by atoms with van der Waals surface area (Å²) < 4.78 is 11.7. The maximum atomic E-state index is 9.35. The quantitative estimate of drug-likeness (QED) is 0.494. The molecule has 4 nitrogen and oxygen atoms in total. The summed E-state index contributed by atoms with van der Waals surface area (Å²) in [5, 5.41) is 13.4. The van der Waals surface area contributed by atoms with Gasteiger partial charge in [-0.05, 0) is 55.0 Å². The Balaban J connectivity index is 1.68. The third kappa shape index (κ3) is 5.31. The van der Waals surface area contributed by atoms with Crippen LogP contribution < -0.4 is 14.8 Å². The van der Waals surface area contributed by atoms with Gasteiger partial charge in [-0.25, -0.2) is 0 Å². The van der Waals surface area contributed by atoms with Gasteiger partial charge in [-0.3, -0.25) is 0 Å². The van der Waals surface area contributed by atoms with Crippen LogP contribution in [0.3, 0.4) is 0 Å². The highest BCUT2D eigenvalue weighted by Crippen LogP contribution is 2.30. The van der Waals surface area contributed by atoms with Crippen molar-refractivity contribution in [1.82, 2.24) is 0 Å². The number of hydrogen-bond acceptors (Lipinski definition) is 4. The van der Waals surface area contributed by atoms with E-state index in [4.69, 9.17) is 21.1 Å². The zero-order chi connectivity index (χ0) is 19.1. The number of aromatic hydroxyl groups is 1. The number of ether oxygens (including phenoxy) is 2. The summed E-state index contributed by atoms with van der Waals surface area (Å²) in [4.78, 5) is 0. The first-order valence-corrected chi connectivity index (χ1v) is 9.18. The van der Waals surface area contributed by atoms with Crippen molar-refractivity contribution in [3.63, 3.8) is 0 Å². The summed E-state index contributed by atoms with van der Waals surface area (Å²) in [5.41, 5.74) is 2.93. The molecule has 2 N–H and O–H groups in total. The zero-order valence-electron chi connectivity index (χ0n) is 15.1. The van der Waals surface area contributed by atoms with Gasteiger partial charge < -0.3 is 19.9 Å². The van der Waals surface area contributed by atoms with E-state index in [2.05, 4.69) is 5.32 Å². The van der Waals surface area contributed by atoms with E-state index in [0.717, 1.165) is 16.8 Å². The Labute approximate surface area is 164 Å². The number of anilines is 1. The number of nitrogens with one attached hydrogen (secondary N) is 1. The van der Waals surface area contributed by atoms with Crippen LogP contribution in [-0.2, 0) is 13.2 Å². The molecule has 0 radical (unpaired) electrons. The Kier molecular flexibility index (Phi) is 6.44. The van der Waals surface area contributed by atoms with Gasteiger partial charge in [0, 0.05) is 22.8 Å². The molecule has 0 unspecified atom stereocenters. The fourth-order valence-electron chi connectivity index (χ4n) is 2.60. The van der Waals surface area contributed by atoms with Gasteiger partial charge in [0.2, 0.25) is 0 Å².